The average molecular weight is 562 g/mol. The number of nitrogens with one attached hydrogen (secondary N) is 2. The van der Waals surface area contributed by atoms with E-state index >= 15 is 0 Å². The molecule has 1 aliphatic rings. The van der Waals surface area contributed by atoms with Crippen molar-refractivity contribution in [1.82, 2.24) is 30.3 Å². The third kappa shape index (κ3) is 6.95. The zero-order valence-electron chi connectivity index (χ0n) is 18.7. The predicted octanol–water partition coefficient (Wildman–Crippen LogP) is 3.12. The van der Waals surface area contributed by atoms with Gasteiger partial charge in [0, 0.05) is 19.6 Å². The van der Waals surface area contributed by atoms with Crippen LogP contribution in [-0.4, -0.2) is 58.4 Å². The van der Waals surface area contributed by atoms with Gasteiger partial charge in [-0.1, -0.05) is 24.6 Å². The number of halogens is 2. The van der Waals surface area contributed by atoms with Crippen LogP contribution < -0.4 is 15.4 Å². The van der Waals surface area contributed by atoms with E-state index in [0.717, 1.165) is 36.3 Å². The van der Waals surface area contributed by atoms with Crippen molar-refractivity contribution >= 4 is 41.5 Å². The Bertz CT molecular complexity index is 873. The molecular weight excluding hydrogens is 529 g/mol. The zero-order valence-corrected chi connectivity index (χ0v) is 21.8. The first kappa shape index (κ1) is 25.7. The number of nitrogens with zero attached hydrogens (tertiary/aromatic N) is 5. The fraction of sp³-hybridized carbons (Fsp3) is 0.571. The maximum Gasteiger partial charge on any atom is 0.192 e. The van der Waals surface area contributed by atoms with E-state index in [0.29, 0.717) is 29.9 Å². The number of rotatable bonds is 8. The largest absolute Gasteiger partial charge is 0.495 e. The van der Waals surface area contributed by atoms with Gasteiger partial charge in [0.25, 0.3) is 0 Å². The fourth-order valence-corrected chi connectivity index (χ4v) is 3.96. The van der Waals surface area contributed by atoms with E-state index in [2.05, 4.69) is 32.7 Å². The topological polar surface area (TPSA) is 79.6 Å². The normalized spacial score (nSPS) is 16.8. The van der Waals surface area contributed by atoms with Gasteiger partial charge in [-0.2, -0.15) is 0 Å². The lowest BCUT2D eigenvalue weighted by molar-refractivity contribution is 0.267. The minimum absolute atomic E-state index is 0. The summed E-state index contributed by atoms with van der Waals surface area (Å²) in [5.41, 5.74) is 1.02. The quantitative estimate of drug-likeness (QED) is 0.293. The van der Waals surface area contributed by atoms with Crippen molar-refractivity contribution in [1.29, 1.82) is 0 Å². The number of aromatic nitrogens is 3. The molecule has 172 valence electrons. The van der Waals surface area contributed by atoms with Crippen LogP contribution in [-0.2, 0) is 20.1 Å². The van der Waals surface area contributed by atoms with Crippen molar-refractivity contribution in [2.24, 2.45) is 12.0 Å². The number of aliphatic imine (C=N–C) groups is 1. The van der Waals surface area contributed by atoms with E-state index in [1.807, 2.05) is 36.7 Å². The standard InChI is InChI=1S/C21H32ClN7O.HI/c1-5-29-10-6-7-17(29)13-24-21(25-14-20-27-26-15(2)28(20)3)23-12-16-8-9-19(30-4)18(22)11-16;/h8-9,11,17H,5-7,10,12-14H2,1-4H3,(H2,23,24,25);1H. The Morgan fingerprint density at radius 1 is 1.32 bits per heavy atom. The van der Waals surface area contributed by atoms with Crippen LogP contribution in [0.15, 0.2) is 23.2 Å². The first-order valence-electron chi connectivity index (χ1n) is 10.4. The molecule has 1 atom stereocenters. The summed E-state index contributed by atoms with van der Waals surface area (Å²) in [6, 6.07) is 6.28. The van der Waals surface area contributed by atoms with Gasteiger partial charge in [0.2, 0.25) is 0 Å². The minimum Gasteiger partial charge on any atom is -0.495 e. The van der Waals surface area contributed by atoms with Crippen molar-refractivity contribution in [3.8, 4) is 5.75 Å². The predicted molar refractivity (Wildman–Crippen MR) is 135 cm³/mol. The summed E-state index contributed by atoms with van der Waals surface area (Å²) >= 11 is 6.26. The molecule has 1 fully saturated rings. The first-order valence-corrected chi connectivity index (χ1v) is 10.8. The average Bonchev–Trinajstić information content (AvgIpc) is 3.34. The molecule has 1 aromatic carbocycles. The lowest BCUT2D eigenvalue weighted by atomic mass is 10.2. The van der Waals surface area contributed by atoms with E-state index < -0.39 is 0 Å². The smallest absolute Gasteiger partial charge is 0.192 e. The molecule has 0 aliphatic carbocycles. The van der Waals surface area contributed by atoms with Crippen LogP contribution in [0.4, 0.5) is 0 Å². The molecular formula is C21H33ClIN7O. The second kappa shape index (κ2) is 12.4. The molecule has 1 unspecified atom stereocenters. The fourth-order valence-electron chi connectivity index (χ4n) is 3.68. The van der Waals surface area contributed by atoms with Crippen molar-refractivity contribution in [2.75, 3.05) is 26.7 Å². The Morgan fingerprint density at radius 2 is 2.13 bits per heavy atom. The molecule has 2 N–H and O–H groups in total. The van der Waals surface area contributed by atoms with Gasteiger partial charge in [-0.05, 0) is 50.6 Å². The molecule has 10 heteroatoms. The molecule has 31 heavy (non-hydrogen) atoms. The molecule has 0 radical (unpaired) electrons. The molecule has 0 spiro atoms. The maximum atomic E-state index is 6.26. The van der Waals surface area contributed by atoms with Gasteiger partial charge in [0.15, 0.2) is 11.8 Å². The van der Waals surface area contributed by atoms with Crippen LogP contribution >= 0.6 is 35.6 Å². The van der Waals surface area contributed by atoms with Crippen molar-refractivity contribution in [3.05, 3.63) is 40.4 Å². The van der Waals surface area contributed by atoms with E-state index in [9.17, 15) is 0 Å². The highest BCUT2D eigenvalue weighted by molar-refractivity contribution is 14.0. The molecule has 0 saturated carbocycles. The van der Waals surface area contributed by atoms with Crippen molar-refractivity contribution in [3.63, 3.8) is 0 Å². The maximum absolute atomic E-state index is 6.26. The molecule has 1 saturated heterocycles. The highest BCUT2D eigenvalue weighted by atomic mass is 127. The number of likely N-dealkylation sites (N-methyl/N-ethyl adjacent to an activating group) is 1. The van der Waals surface area contributed by atoms with Gasteiger partial charge >= 0.3 is 0 Å². The van der Waals surface area contributed by atoms with Gasteiger partial charge in [-0.25, -0.2) is 4.99 Å². The van der Waals surface area contributed by atoms with Crippen LogP contribution in [0.2, 0.25) is 5.02 Å². The molecule has 1 aliphatic heterocycles. The van der Waals surface area contributed by atoms with E-state index in [1.165, 1.54) is 19.4 Å². The Balaban J connectivity index is 0.00000341. The third-order valence-corrected chi connectivity index (χ3v) is 5.94. The van der Waals surface area contributed by atoms with Gasteiger partial charge in [-0.3, -0.25) is 4.90 Å². The number of hydrogen-bond acceptors (Lipinski definition) is 5. The number of methoxy groups -OCH3 is 1. The Hall–Kier alpha value is -1.59. The van der Waals surface area contributed by atoms with Crippen molar-refractivity contribution < 1.29 is 4.74 Å². The summed E-state index contributed by atoms with van der Waals surface area (Å²) in [4.78, 5) is 7.29. The summed E-state index contributed by atoms with van der Waals surface area (Å²) in [6.45, 7) is 8.33. The van der Waals surface area contributed by atoms with Crippen LogP contribution in [0.3, 0.4) is 0 Å². The number of ether oxygens (including phenoxy) is 1. The van der Waals surface area contributed by atoms with E-state index in [1.54, 1.807) is 7.11 Å². The lowest BCUT2D eigenvalue weighted by Crippen LogP contribution is -2.44. The second-order valence-corrected chi connectivity index (χ2v) is 7.92. The summed E-state index contributed by atoms with van der Waals surface area (Å²) in [6.07, 6.45) is 2.47. The molecule has 1 aromatic heterocycles. The number of likely N-dealkylation sites (tertiary alicyclic amines) is 1. The Labute approximate surface area is 206 Å². The first-order chi connectivity index (χ1) is 14.5. The second-order valence-electron chi connectivity index (χ2n) is 7.52. The Morgan fingerprint density at radius 3 is 2.77 bits per heavy atom. The number of hydrogen-bond donors (Lipinski definition) is 2. The van der Waals surface area contributed by atoms with Crippen molar-refractivity contribution in [2.45, 2.75) is 45.8 Å². The summed E-state index contributed by atoms with van der Waals surface area (Å²) in [7, 11) is 3.58. The molecule has 3 rings (SSSR count). The monoisotopic (exact) mass is 561 g/mol. The number of aryl methyl sites for hydroxylation is 1. The zero-order chi connectivity index (χ0) is 21.5. The van der Waals surface area contributed by atoms with E-state index in [-0.39, 0.29) is 24.0 Å². The number of benzene rings is 1. The van der Waals surface area contributed by atoms with Gasteiger partial charge in [-0.15, -0.1) is 34.2 Å². The van der Waals surface area contributed by atoms with Gasteiger partial charge < -0.3 is 19.9 Å². The molecule has 0 amide bonds. The summed E-state index contributed by atoms with van der Waals surface area (Å²) in [5, 5.41) is 15.8. The van der Waals surface area contributed by atoms with Crippen LogP contribution in [0.1, 0.15) is 37.0 Å². The molecule has 8 nitrogen and oxygen atoms in total. The molecule has 2 aromatic rings. The van der Waals surface area contributed by atoms with Gasteiger partial charge in [0.05, 0.1) is 25.2 Å². The van der Waals surface area contributed by atoms with Gasteiger partial charge in [0.1, 0.15) is 11.6 Å². The Kier molecular flexibility index (Phi) is 10.3. The van der Waals surface area contributed by atoms with Crippen LogP contribution in [0.5, 0.6) is 5.75 Å². The number of guanidine groups is 1. The highest BCUT2D eigenvalue weighted by Gasteiger charge is 2.22. The highest BCUT2D eigenvalue weighted by Crippen LogP contribution is 2.25. The third-order valence-electron chi connectivity index (χ3n) is 5.64. The van der Waals surface area contributed by atoms with Crippen LogP contribution in [0, 0.1) is 6.92 Å². The summed E-state index contributed by atoms with van der Waals surface area (Å²) < 4.78 is 7.21. The van der Waals surface area contributed by atoms with E-state index in [4.69, 9.17) is 21.3 Å². The van der Waals surface area contributed by atoms with Crippen LogP contribution in [0.25, 0.3) is 0 Å². The summed E-state index contributed by atoms with van der Waals surface area (Å²) in [5.74, 6) is 3.17. The molecule has 0 bridgehead atoms. The lowest BCUT2D eigenvalue weighted by Gasteiger charge is -2.24. The SMILES string of the molecule is CCN1CCCC1CNC(=NCc1ccc(OC)c(Cl)c1)NCc1nnc(C)n1C.I. The molecule has 2 heterocycles. The minimum atomic E-state index is 0.